The van der Waals surface area contributed by atoms with Crippen LogP contribution in [-0.4, -0.2) is 22.9 Å². The van der Waals surface area contributed by atoms with Crippen LogP contribution in [0.15, 0.2) is 30.5 Å². The minimum absolute atomic E-state index is 0.336. The smallest absolute Gasteiger partial charge is 0.375 e. The summed E-state index contributed by atoms with van der Waals surface area (Å²) in [4.78, 5) is 0. The second-order valence-electron chi connectivity index (χ2n) is 3.24. The summed E-state index contributed by atoms with van der Waals surface area (Å²) in [5.41, 5.74) is 0.901. The van der Waals surface area contributed by atoms with Crippen molar-refractivity contribution in [2.45, 2.75) is 6.18 Å². The maximum absolute atomic E-state index is 12.0. The normalized spacial score (nSPS) is 11.7. The molecule has 0 fully saturated rings. The van der Waals surface area contributed by atoms with Crippen molar-refractivity contribution < 1.29 is 13.2 Å². The second kappa shape index (κ2) is 3.96. The molecule has 0 atom stereocenters. The van der Waals surface area contributed by atoms with Gasteiger partial charge in [0.05, 0.1) is 17.4 Å². The predicted octanol–water partition coefficient (Wildman–Crippen LogP) is 2.60. The first-order chi connectivity index (χ1) is 7.56. The molecule has 16 heavy (non-hydrogen) atoms. The highest BCUT2D eigenvalue weighted by Crippen LogP contribution is 2.22. The lowest BCUT2D eigenvalue weighted by Gasteiger charge is -2.10. The van der Waals surface area contributed by atoms with Crippen molar-refractivity contribution in [3.63, 3.8) is 0 Å². The summed E-state index contributed by atoms with van der Waals surface area (Å²) in [5, 5.41) is 10.4. The SMILES string of the molecule is FC(F)(F)CNc1cnnc2ccccc12. The molecule has 1 aromatic heterocycles. The lowest BCUT2D eigenvalue weighted by Crippen LogP contribution is -2.21. The maximum Gasteiger partial charge on any atom is 0.405 e. The Morgan fingerprint density at radius 3 is 2.69 bits per heavy atom. The summed E-state index contributed by atoms with van der Waals surface area (Å²) in [6.45, 7) is -1.08. The van der Waals surface area contributed by atoms with Crippen LogP contribution in [0.25, 0.3) is 10.9 Å². The third kappa shape index (κ3) is 2.39. The predicted molar refractivity (Wildman–Crippen MR) is 54.1 cm³/mol. The zero-order chi connectivity index (χ0) is 11.6. The molecule has 84 valence electrons. The van der Waals surface area contributed by atoms with Crippen molar-refractivity contribution in [2.75, 3.05) is 11.9 Å². The molecule has 2 aromatic rings. The number of nitrogens with one attached hydrogen (secondary N) is 1. The standard InChI is InChI=1S/C10H8F3N3/c11-10(12,13)6-14-9-5-15-16-8-4-2-1-3-7(8)9/h1-5H,6H2,(H,14,16). The highest BCUT2D eigenvalue weighted by atomic mass is 19.4. The van der Waals surface area contributed by atoms with Crippen LogP contribution in [0.2, 0.25) is 0 Å². The molecule has 0 saturated carbocycles. The molecule has 0 aliphatic carbocycles. The lowest BCUT2D eigenvalue weighted by atomic mass is 10.2. The Labute approximate surface area is 89.3 Å². The van der Waals surface area contributed by atoms with Gasteiger partial charge in [-0.3, -0.25) is 0 Å². The summed E-state index contributed by atoms with van der Waals surface area (Å²) in [7, 11) is 0. The minimum atomic E-state index is -4.25. The van der Waals surface area contributed by atoms with E-state index in [2.05, 4.69) is 15.5 Å². The summed E-state index contributed by atoms with van der Waals surface area (Å²) in [6, 6.07) is 6.89. The number of fused-ring (bicyclic) bond motifs is 1. The summed E-state index contributed by atoms with van der Waals surface area (Å²) in [6.07, 6.45) is -2.96. The molecule has 1 aromatic carbocycles. The zero-order valence-corrected chi connectivity index (χ0v) is 8.12. The molecule has 0 unspecified atom stereocenters. The van der Waals surface area contributed by atoms with Gasteiger partial charge in [-0.15, -0.1) is 0 Å². The van der Waals surface area contributed by atoms with E-state index in [0.717, 1.165) is 0 Å². The van der Waals surface area contributed by atoms with Gasteiger partial charge in [-0.05, 0) is 6.07 Å². The highest BCUT2D eigenvalue weighted by Gasteiger charge is 2.26. The largest absolute Gasteiger partial charge is 0.405 e. The topological polar surface area (TPSA) is 37.8 Å². The van der Waals surface area contributed by atoms with E-state index in [1.807, 2.05) is 0 Å². The zero-order valence-electron chi connectivity index (χ0n) is 8.12. The molecule has 0 spiro atoms. The van der Waals surface area contributed by atoms with Gasteiger partial charge >= 0.3 is 6.18 Å². The van der Waals surface area contributed by atoms with Crippen LogP contribution in [0.5, 0.6) is 0 Å². The number of hydrogen-bond acceptors (Lipinski definition) is 3. The molecule has 2 rings (SSSR count). The fraction of sp³-hybridized carbons (Fsp3) is 0.200. The van der Waals surface area contributed by atoms with Crippen molar-refractivity contribution in [3.8, 4) is 0 Å². The Morgan fingerprint density at radius 2 is 1.94 bits per heavy atom. The molecule has 0 aliphatic rings. The first-order valence-electron chi connectivity index (χ1n) is 4.57. The van der Waals surface area contributed by atoms with Crippen molar-refractivity contribution >= 4 is 16.6 Å². The number of hydrogen-bond donors (Lipinski definition) is 1. The Morgan fingerprint density at radius 1 is 1.19 bits per heavy atom. The fourth-order valence-corrected chi connectivity index (χ4v) is 1.34. The number of alkyl halides is 3. The number of rotatable bonds is 2. The van der Waals surface area contributed by atoms with Gasteiger partial charge in [-0.1, -0.05) is 18.2 Å². The summed E-state index contributed by atoms with van der Waals surface area (Å²) in [5.74, 6) is 0. The minimum Gasteiger partial charge on any atom is -0.375 e. The molecule has 0 radical (unpaired) electrons. The van der Waals surface area contributed by atoms with Crippen LogP contribution in [-0.2, 0) is 0 Å². The van der Waals surface area contributed by atoms with Crippen molar-refractivity contribution in [1.82, 2.24) is 10.2 Å². The molecule has 1 N–H and O–H groups in total. The van der Waals surface area contributed by atoms with Crippen molar-refractivity contribution in [1.29, 1.82) is 0 Å². The van der Waals surface area contributed by atoms with E-state index in [-0.39, 0.29) is 0 Å². The van der Waals surface area contributed by atoms with Gasteiger partial charge in [0.2, 0.25) is 0 Å². The summed E-state index contributed by atoms with van der Waals surface area (Å²) >= 11 is 0. The van der Waals surface area contributed by atoms with Crippen molar-refractivity contribution in [2.24, 2.45) is 0 Å². The van der Waals surface area contributed by atoms with Gasteiger partial charge < -0.3 is 5.32 Å². The van der Waals surface area contributed by atoms with Crippen LogP contribution in [0.3, 0.4) is 0 Å². The van der Waals surface area contributed by atoms with Crippen molar-refractivity contribution in [3.05, 3.63) is 30.5 Å². The average molecular weight is 227 g/mol. The molecule has 0 aliphatic heterocycles. The van der Waals surface area contributed by atoms with Gasteiger partial charge in [0.1, 0.15) is 6.54 Å². The first kappa shape index (κ1) is 10.7. The van der Waals surface area contributed by atoms with Gasteiger partial charge in [0, 0.05) is 5.39 Å². The number of benzene rings is 1. The van der Waals surface area contributed by atoms with E-state index >= 15 is 0 Å². The number of nitrogens with zero attached hydrogens (tertiary/aromatic N) is 2. The van der Waals surface area contributed by atoms with Gasteiger partial charge in [-0.25, -0.2) is 0 Å². The highest BCUT2D eigenvalue weighted by molar-refractivity contribution is 5.90. The Bertz CT molecular complexity index is 491. The van der Waals surface area contributed by atoms with Crippen LogP contribution >= 0.6 is 0 Å². The maximum atomic E-state index is 12.0. The van der Waals surface area contributed by atoms with Crippen LogP contribution in [0.1, 0.15) is 0 Å². The quantitative estimate of drug-likeness (QED) is 0.856. The van der Waals surface area contributed by atoms with E-state index in [1.165, 1.54) is 6.20 Å². The third-order valence-corrected chi connectivity index (χ3v) is 2.03. The van der Waals surface area contributed by atoms with Crippen LogP contribution in [0.4, 0.5) is 18.9 Å². The van der Waals surface area contributed by atoms with Gasteiger partial charge in [0.15, 0.2) is 0 Å². The van der Waals surface area contributed by atoms with E-state index in [0.29, 0.717) is 16.6 Å². The molecule has 0 amide bonds. The van der Waals surface area contributed by atoms with E-state index < -0.39 is 12.7 Å². The number of halogens is 3. The number of aromatic nitrogens is 2. The third-order valence-electron chi connectivity index (χ3n) is 2.03. The molecular formula is C10H8F3N3. The Hall–Kier alpha value is -1.85. The van der Waals surface area contributed by atoms with Gasteiger partial charge in [-0.2, -0.15) is 23.4 Å². The van der Waals surface area contributed by atoms with Crippen LogP contribution < -0.4 is 5.32 Å². The molecule has 0 bridgehead atoms. The molecule has 3 nitrogen and oxygen atoms in total. The molecular weight excluding hydrogens is 219 g/mol. The Balaban J connectivity index is 2.30. The van der Waals surface area contributed by atoms with Gasteiger partial charge in [0.25, 0.3) is 0 Å². The Kier molecular flexibility index (Phi) is 2.64. The molecule has 1 heterocycles. The second-order valence-corrected chi connectivity index (χ2v) is 3.24. The molecule has 6 heteroatoms. The lowest BCUT2D eigenvalue weighted by molar-refractivity contribution is -0.115. The average Bonchev–Trinajstić information content (AvgIpc) is 2.25. The van der Waals surface area contributed by atoms with E-state index in [4.69, 9.17) is 0 Å². The monoisotopic (exact) mass is 227 g/mol. The summed E-state index contributed by atoms with van der Waals surface area (Å²) < 4.78 is 36.1. The van der Waals surface area contributed by atoms with E-state index in [9.17, 15) is 13.2 Å². The fourth-order valence-electron chi connectivity index (χ4n) is 1.34. The van der Waals surface area contributed by atoms with E-state index in [1.54, 1.807) is 24.3 Å². The van der Waals surface area contributed by atoms with Crippen LogP contribution in [0, 0.1) is 0 Å². The first-order valence-corrected chi connectivity index (χ1v) is 4.57. The number of anilines is 1. The molecule has 0 saturated heterocycles.